The second-order valence-corrected chi connectivity index (χ2v) is 9.01. The van der Waals surface area contributed by atoms with Crippen LogP contribution < -0.4 is 0 Å². The van der Waals surface area contributed by atoms with Crippen LogP contribution >= 0.6 is 11.3 Å². The van der Waals surface area contributed by atoms with Crippen LogP contribution in [0.25, 0.3) is 0 Å². The van der Waals surface area contributed by atoms with Gasteiger partial charge in [-0.1, -0.05) is 44.2 Å². The van der Waals surface area contributed by atoms with Crippen LogP contribution in [0.2, 0.25) is 0 Å². The number of furan rings is 1. The van der Waals surface area contributed by atoms with Crippen LogP contribution in [0.4, 0.5) is 0 Å². The summed E-state index contributed by atoms with van der Waals surface area (Å²) < 4.78 is 5.30. The maximum absolute atomic E-state index is 13.5. The minimum Gasteiger partial charge on any atom is -0.459 e. The Bertz CT molecular complexity index is 995. The van der Waals surface area contributed by atoms with Crippen molar-refractivity contribution in [3.8, 4) is 0 Å². The first-order valence-corrected chi connectivity index (χ1v) is 11.2. The number of amides is 2. The van der Waals surface area contributed by atoms with Crippen LogP contribution in [-0.2, 0) is 11.2 Å². The molecule has 0 N–H and O–H groups in total. The van der Waals surface area contributed by atoms with Gasteiger partial charge in [0.25, 0.3) is 5.91 Å². The van der Waals surface area contributed by atoms with Gasteiger partial charge in [0, 0.05) is 18.0 Å². The van der Waals surface area contributed by atoms with Crippen molar-refractivity contribution in [2.75, 3.05) is 19.6 Å². The average Bonchev–Trinajstić information content (AvgIpc) is 3.44. The molecular weight excluding hydrogens is 396 g/mol. The van der Waals surface area contributed by atoms with Crippen molar-refractivity contribution in [3.05, 3.63) is 81.9 Å². The van der Waals surface area contributed by atoms with Gasteiger partial charge >= 0.3 is 0 Å². The number of benzene rings is 1. The van der Waals surface area contributed by atoms with E-state index in [4.69, 9.17) is 4.42 Å². The van der Waals surface area contributed by atoms with Gasteiger partial charge in [0.2, 0.25) is 5.91 Å². The van der Waals surface area contributed by atoms with E-state index < -0.39 is 0 Å². The molecule has 0 saturated heterocycles. The van der Waals surface area contributed by atoms with Gasteiger partial charge in [0.05, 0.1) is 12.3 Å². The second-order valence-electron chi connectivity index (χ2n) is 8.01. The number of hydrogen-bond donors (Lipinski definition) is 0. The Kier molecular flexibility index (Phi) is 6.04. The summed E-state index contributed by atoms with van der Waals surface area (Å²) in [6.45, 7) is 5.27. The minimum absolute atomic E-state index is 0.0405. The van der Waals surface area contributed by atoms with Gasteiger partial charge in [-0.15, -0.1) is 11.3 Å². The second kappa shape index (κ2) is 8.88. The highest BCUT2D eigenvalue weighted by Crippen LogP contribution is 2.37. The SMILES string of the molecule is CC(C)CN(CC(=O)N1CCc2sccc2[C@H]1c1ccccc1)C(=O)c1ccco1. The highest BCUT2D eigenvalue weighted by atomic mass is 32.1. The summed E-state index contributed by atoms with van der Waals surface area (Å²) in [5.41, 5.74) is 2.29. The fourth-order valence-corrected chi connectivity index (χ4v) is 4.95. The first-order chi connectivity index (χ1) is 14.5. The zero-order valence-electron chi connectivity index (χ0n) is 17.3. The average molecular weight is 423 g/mol. The van der Waals surface area contributed by atoms with E-state index in [1.807, 2.05) is 36.9 Å². The third-order valence-electron chi connectivity index (χ3n) is 5.33. The molecule has 2 aromatic heterocycles. The molecule has 4 rings (SSSR count). The van der Waals surface area contributed by atoms with Crippen molar-refractivity contribution >= 4 is 23.2 Å². The molecule has 0 unspecified atom stereocenters. The number of rotatable bonds is 6. The lowest BCUT2D eigenvalue weighted by Gasteiger charge is -2.37. The maximum Gasteiger partial charge on any atom is 0.290 e. The summed E-state index contributed by atoms with van der Waals surface area (Å²) in [6, 6.07) is 15.5. The molecule has 5 nitrogen and oxygen atoms in total. The van der Waals surface area contributed by atoms with Gasteiger partial charge in [0.15, 0.2) is 5.76 Å². The molecule has 0 bridgehead atoms. The van der Waals surface area contributed by atoms with E-state index in [2.05, 4.69) is 23.6 Å². The largest absolute Gasteiger partial charge is 0.459 e. The zero-order valence-corrected chi connectivity index (χ0v) is 18.1. The fraction of sp³-hybridized carbons (Fsp3) is 0.333. The molecule has 2 amide bonds. The number of carbonyl (C=O) groups excluding carboxylic acids is 2. The van der Waals surface area contributed by atoms with E-state index in [9.17, 15) is 9.59 Å². The normalized spacial score (nSPS) is 15.8. The Labute approximate surface area is 180 Å². The van der Waals surface area contributed by atoms with Crippen LogP contribution in [0.15, 0.2) is 64.6 Å². The molecule has 1 atom stereocenters. The summed E-state index contributed by atoms with van der Waals surface area (Å²) in [5, 5.41) is 2.10. The Morgan fingerprint density at radius 3 is 2.67 bits per heavy atom. The Morgan fingerprint density at radius 1 is 1.17 bits per heavy atom. The number of nitrogens with zero attached hydrogens (tertiary/aromatic N) is 2. The van der Waals surface area contributed by atoms with Crippen LogP contribution in [0.5, 0.6) is 0 Å². The van der Waals surface area contributed by atoms with Crippen LogP contribution in [-0.4, -0.2) is 41.2 Å². The summed E-state index contributed by atoms with van der Waals surface area (Å²) >= 11 is 1.75. The van der Waals surface area contributed by atoms with Gasteiger partial charge in [-0.25, -0.2) is 0 Å². The van der Waals surface area contributed by atoms with E-state index in [0.29, 0.717) is 13.1 Å². The summed E-state index contributed by atoms with van der Waals surface area (Å²) in [6.07, 6.45) is 2.33. The van der Waals surface area contributed by atoms with E-state index in [1.54, 1.807) is 28.4 Å². The molecule has 0 aliphatic carbocycles. The van der Waals surface area contributed by atoms with Gasteiger partial charge in [0.1, 0.15) is 6.54 Å². The first-order valence-electron chi connectivity index (χ1n) is 10.3. The fourth-order valence-electron chi connectivity index (χ4n) is 4.05. The zero-order chi connectivity index (χ0) is 21.1. The molecule has 0 radical (unpaired) electrons. The lowest BCUT2D eigenvalue weighted by Crippen LogP contribution is -2.47. The first kappa shape index (κ1) is 20.4. The third kappa shape index (κ3) is 4.19. The molecule has 156 valence electrons. The number of hydrogen-bond acceptors (Lipinski definition) is 4. The maximum atomic E-state index is 13.5. The Morgan fingerprint density at radius 2 is 1.97 bits per heavy atom. The Balaban J connectivity index is 1.61. The van der Waals surface area contributed by atoms with Gasteiger partial charge in [-0.05, 0) is 47.0 Å². The van der Waals surface area contributed by atoms with Crippen LogP contribution in [0, 0.1) is 5.92 Å². The van der Waals surface area contributed by atoms with Crippen molar-refractivity contribution in [3.63, 3.8) is 0 Å². The number of thiophene rings is 1. The predicted octanol–water partition coefficient (Wildman–Crippen LogP) is 4.61. The topological polar surface area (TPSA) is 53.8 Å². The van der Waals surface area contributed by atoms with Crippen LogP contribution in [0.3, 0.4) is 0 Å². The van der Waals surface area contributed by atoms with E-state index in [0.717, 1.165) is 12.0 Å². The quantitative estimate of drug-likeness (QED) is 0.583. The summed E-state index contributed by atoms with van der Waals surface area (Å²) in [5.74, 6) is 0.223. The standard InChI is InChI=1S/C24H26N2O3S/c1-17(2)15-25(24(28)20-9-6-13-29-20)16-22(27)26-12-10-21-19(11-14-30-21)23(26)18-7-4-3-5-8-18/h3-9,11,13-14,17,23H,10,12,15-16H2,1-2H3/t23-/m1/s1. The molecule has 0 spiro atoms. The van der Waals surface area contributed by atoms with Crippen molar-refractivity contribution in [2.45, 2.75) is 26.3 Å². The Hall–Kier alpha value is -2.86. The van der Waals surface area contributed by atoms with Gasteiger partial charge < -0.3 is 14.2 Å². The molecule has 1 aliphatic rings. The van der Waals surface area contributed by atoms with Gasteiger partial charge in [-0.2, -0.15) is 0 Å². The van der Waals surface area contributed by atoms with E-state index in [1.165, 1.54) is 16.7 Å². The van der Waals surface area contributed by atoms with Crippen LogP contribution in [0.1, 0.15) is 46.4 Å². The molecule has 0 saturated carbocycles. The highest BCUT2D eigenvalue weighted by molar-refractivity contribution is 7.10. The molecule has 6 heteroatoms. The van der Waals surface area contributed by atoms with E-state index in [-0.39, 0.29) is 36.1 Å². The third-order valence-corrected chi connectivity index (χ3v) is 6.33. The summed E-state index contributed by atoms with van der Waals surface area (Å²) in [4.78, 5) is 31.3. The van der Waals surface area contributed by atoms with Crippen molar-refractivity contribution in [1.29, 1.82) is 0 Å². The molecule has 3 heterocycles. The predicted molar refractivity (Wildman–Crippen MR) is 117 cm³/mol. The molecule has 3 aromatic rings. The number of carbonyl (C=O) groups is 2. The highest BCUT2D eigenvalue weighted by Gasteiger charge is 2.34. The van der Waals surface area contributed by atoms with Gasteiger partial charge in [-0.3, -0.25) is 9.59 Å². The molecular formula is C24H26N2O3S. The molecule has 1 aromatic carbocycles. The summed E-state index contributed by atoms with van der Waals surface area (Å²) in [7, 11) is 0. The number of fused-ring (bicyclic) bond motifs is 1. The van der Waals surface area contributed by atoms with Crippen molar-refractivity contribution < 1.29 is 14.0 Å². The molecule has 1 aliphatic heterocycles. The monoisotopic (exact) mass is 422 g/mol. The lowest BCUT2D eigenvalue weighted by molar-refractivity contribution is -0.134. The minimum atomic E-state index is -0.244. The molecule has 0 fully saturated rings. The lowest BCUT2D eigenvalue weighted by atomic mass is 9.93. The van der Waals surface area contributed by atoms with Crippen molar-refractivity contribution in [2.24, 2.45) is 5.92 Å². The van der Waals surface area contributed by atoms with Crippen molar-refractivity contribution in [1.82, 2.24) is 9.80 Å². The molecule has 30 heavy (non-hydrogen) atoms. The smallest absolute Gasteiger partial charge is 0.290 e. The van der Waals surface area contributed by atoms with E-state index >= 15 is 0 Å².